The molecule has 0 bridgehead atoms. The number of halogens is 1. The van der Waals surface area contributed by atoms with E-state index in [1.807, 2.05) is 6.07 Å². The predicted molar refractivity (Wildman–Crippen MR) is 113 cm³/mol. The van der Waals surface area contributed by atoms with E-state index in [-0.39, 0.29) is 17.0 Å². The van der Waals surface area contributed by atoms with E-state index in [0.717, 1.165) is 4.47 Å². The summed E-state index contributed by atoms with van der Waals surface area (Å²) in [5, 5.41) is 2.66. The molecule has 0 aliphatic rings. The lowest BCUT2D eigenvalue weighted by Gasteiger charge is -2.23. The molecule has 0 atom stereocenters. The van der Waals surface area contributed by atoms with Gasteiger partial charge in [0.05, 0.1) is 10.6 Å². The van der Waals surface area contributed by atoms with Crippen molar-refractivity contribution in [3.05, 3.63) is 83.0 Å². The Hall–Kier alpha value is -2.71. The Morgan fingerprint density at radius 2 is 1.82 bits per heavy atom. The van der Waals surface area contributed by atoms with Crippen molar-refractivity contribution in [1.82, 2.24) is 4.98 Å². The molecule has 8 heteroatoms. The van der Waals surface area contributed by atoms with E-state index in [0.29, 0.717) is 11.5 Å². The van der Waals surface area contributed by atoms with E-state index in [1.165, 1.54) is 16.4 Å². The van der Waals surface area contributed by atoms with Crippen LogP contribution >= 0.6 is 15.9 Å². The molecule has 3 rings (SSSR count). The van der Waals surface area contributed by atoms with Crippen molar-refractivity contribution in [2.24, 2.45) is 0 Å². The number of aromatic nitrogens is 1. The molecule has 0 saturated heterocycles. The third kappa shape index (κ3) is 4.40. The molecule has 0 radical (unpaired) electrons. The summed E-state index contributed by atoms with van der Waals surface area (Å²) in [7, 11) is -3.81. The van der Waals surface area contributed by atoms with Crippen molar-refractivity contribution in [3.8, 4) is 0 Å². The number of amides is 1. The fourth-order valence-electron chi connectivity index (χ4n) is 2.65. The summed E-state index contributed by atoms with van der Waals surface area (Å²) in [5.41, 5.74) is 0.800. The molecule has 6 nitrogen and oxygen atoms in total. The van der Waals surface area contributed by atoms with Gasteiger partial charge in [-0.25, -0.2) is 13.4 Å². The van der Waals surface area contributed by atoms with Crippen molar-refractivity contribution in [1.29, 1.82) is 0 Å². The lowest BCUT2D eigenvalue weighted by atomic mass is 10.2. The first-order valence-corrected chi connectivity index (χ1v) is 10.8. The molecule has 1 N–H and O–H groups in total. The Balaban J connectivity index is 1.89. The highest BCUT2D eigenvalue weighted by Gasteiger charge is 2.24. The summed E-state index contributed by atoms with van der Waals surface area (Å²) in [6.45, 7) is 2.03. The van der Waals surface area contributed by atoms with Crippen LogP contribution < -0.4 is 9.62 Å². The molecule has 3 aromatic rings. The number of nitrogens with zero attached hydrogens (tertiary/aromatic N) is 2. The lowest BCUT2D eigenvalue weighted by molar-refractivity contribution is 0.102. The number of hydrogen-bond donors (Lipinski definition) is 1. The molecule has 0 unspecified atom stereocenters. The predicted octanol–water partition coefficient (Wildman–Crippen LogP) is 4.31. The number of carbonyl (C=O) groups is 1. The minimum Gasteiger partial charge on any atom is -0.307 e. The van der Waals surface area contributed by atoms with E-state index in [9.17, 15) is 13.2 Å². The summed E-state index contributed by atoms with van der Waals surface area (Å²) in [5.74, 6) is -0.0597. The third-order valence-corrected chi connectivity index (χ3v) is 6.35. The Kier molecular flexibility index (Phi) is 6.11. The summed E-state index contributed by atoms with van der Waals surface area (Å²) in [6, 6.07) is 18.2. The second-order valence-corrected chi connectivity index (χ2v) is 8.63. The smallest absolute Gasteiger partial charge is 0.264 e. The average molecular weight is 460 g/mol. The average Bonchev–Trinajstić information content (AvgIpc) is 2.71. The van der Waals surface area contributed by atoms with E-state index < -0.39 is 15.9 Å². The van der Waals surface area contributed by atoms with Gasteiger partial charge < -0.3 is 5.32 Å². The van der Waals surface area contributed by atoms with Crippen LogP contribution in [0.2, 0.25) is 0 Å². The Bertz CT molecular complexity index is 1070. The first kappa shape index (κ1) is 20.0. The number of rotatable bonds is 6. The molecule has 1 heterocycles. The van der Waals surface area contributed by atoms with Crippen molar-refractivity contribution in [3.63, 3.8) is 0 Å². The molecule has 0 fully saturated rings. The maximum Gasteiger partial charge on any atom is 0.264 e. The number of hydrogen-bond acceptors (Lipinski definition) is 4. The van der Waals surface area contributed by atoms with Crippen LogP contribution in [-0.2, 0) is 10.0 Å². The van der Waals surface area contributed by atoms with Gasteiger partial charge in [0.15, 0.2) is 0 Å². The van der Waals surface area contributed by atoms with Gasteiger partial charge in [-0.3, -0.25) is 9.10 Å². The highest BCUT2D eigenvalue weighted by atomic mass is 79.9. The fraction of sp³-hybridized carbons (Fsp3) is 0.100. The molecule has 1 amide bonds. The van der Waals surface area contributed by atoms with Crippen LogP contribution in [0.3, 0.4) is 0 Å². The maximum atomic E-state index is 13.1. The molecule has 0 spiro atoms. The van der Waals surface area contributed by atoms with Gasteiger partial charge in [-0.05, 0) is 65.3 Å². The minimum atomic E-state index is -3.81. The van der Waals surface area contributed by atoms with Gasteiger partial charge in [0.2, 0.25) is 0 Å². The maximum absolute atomic E-state index is 13.1. The first-order chi connectivity index (χ1) is 13.4. The van der Waals surface area contributed by atoms with Gasteiger partial charge in [0.1, 0.15) is 5.82 Å². The Labute approximate surface area is 172 Å². The van der Waals surface area contributed by atoms with E-state index in [2.05, 4.69) is 26.2 Å². The monoisotopic (exact) mass is 459 g/mol. The molecule has 1 aromatic heterocycles. The van der Waals surface area contributed by atoms with Crippen molar-refractivity contribution >= 4 is 43.4 Å². The van der Waals surface area contributed by atoms with Crippen LogP contribution in [0.25, 0.3) is 0 Å². The molecule has 144 valence electrons. The normalized spacial score (nSPS) is 11.1. The molecule has 0 saturated carbocycles. The standard InChI is InChI=1S/C20H18BrN3O3S/c1-2-24(17-8-4-3-5-9-17)28(26,27)18-10-6-7-15(13-18)20(25)23-19-12-11-16(21)14-22-19/h3-14H,2H2,1H3,(H,22,23,25). The molecule has 2 aromatic carbocycles. The zero-order valence-electron chi connectivity index (χ0n) is 15.0. The van der Waals surface area contributed by atoms with Gasteiger partial charge in [0.25, 0.3) is 15.9 Å². The number of sulfonamides is 1. The number of pyridine rings is 1. The highest BCUT2D eigenvalue weighted by Crippen LogP contribution is 2.24. The quantitative estimate of drug-likeness (QED) is 0.595. The Morgan fingerprint density at radius 3 is 2.46 bits per heavy atom. The van der Waals surface area contributed by atoms with Crippen molar-refractivity contribution in [2.45, 2.75) is 11.8 Å². The van der Waals surface area contributed by atoms with Gasteiger partial charge in [-0.15, -0.1) is 0 Å². The lowest BCUT2D eigenvalue weighted by Crippen LogP contribution is -2.31. The second-order valence-electron chi connectivity index (χ2n) is 5.85. The SMILES string of the molecule is CCN(c1ccccc1)S(=O)(=O)c1cccc(C(=O)Nc2ccc(Br)cn2)c1. The molecular formula is C20H18BrN3O3S. The number of benzene rings is 2. The van der Waals surface area contributed by atoms with E-state index in [1.54, 1.807) is 61.7 Å². The number of nitrogens with one attached hydrogen (secondary N) is 1. The van der Waals surface area contributed by atoms with Crippen molar-refractivity contribution in [2.75, 3.05) is 16.2 Å². The Morgan fingerprint density at radius 1 is 1.07 bits per heavy atom. The van der Waals surface area contributed by atoms with Gasteiger partial charge >= 0.3 is 0 Å². The summed E-state index contributed by atoms with van der Waals surface area (Å²) < 4.78 is 28.3. The van der Waals surface area contributed by atoms with Crippen LogP contribution in [0.4, 0.5) is 11.5 Å². The zero-order valence-corrected chi connectivity index (χ0v) is 17.4. The minimum absolute atomic E-state index is 0.0506. The zero-order chi connectivity index (χ0) is 20.1. The topological polar surface area (TPSA) is 79.4 Å². The fourth-order valence-corrected chi connectivity index (χ4v) is 4.40. The van der Waals surface area contributed by atoms with Crippen LogP contribution in [0.15, 0.2) is 82.3 Å². The molecule has 0 aliphatic heterocycles. The van der Waals surface area contributed by atoms with Crippen molar-refractivity contribution < 1.29 is 13.2 Å². The highest BCUT2D eigenvalue weighted by molar-refractivity contribution is 9.10. The summed E-state index contributed by atoms with van der Waals surface area (Å²) in [4.78, 5) is 16.7. The number of anilines is 2. The van der Waals surface area contributed by atoms with Gasteiger partial charge in [0, 0.05) is 22.8 Å². The van der Waals surface area contributed by atoms with E-state index in [4.69, 9.17) is 0 Å². The summed E-state index contributed by atoms with van der Waals surface area (Å²) >= 11 is 3.28. The van der Waals surface area contributed by atoms with Crippen LogP contribution in [0.5, 0.6) is 0 Å². The third-order valence-electron chi connectivity index (χ3n) is 3.98. The van der Waals surface area contributed by atoms with Crippen LogP contribution in [0.1, 0.15) is 17.3 Å². The molecular weight excluding hydrogens is 442 g/mol. The largest absolute Gasteiger partial charge is 0.307 e. The second kappa shape index (κ2) is 8.53. The van der Waals surface area contributed by atoms with Gasteiger partial charge in [-0.2, -0.15) is 0 Å². The number of para-hydroxylation sites is 1. The first-order valence-electron chi connectivity index (χ1n) is 8.52. The van der Waals surface area contributed by atoms with Gasteiger partial charge in [-0.1, -0.05) is 24.3 Å². The van der Waals surface area contributed by atoms with Crippen LogP contribution in [0, 0.1) is 0 Å². The van der Waals surface area contributed by atoms with E-state index >= 15 is 0 Å². The summed E-state index contributed by atoms with van der Waals surface area (Å²) in [6.07, 6.45) is 1.56. The van der Waals surface area contributed by atoms with Crippen LogP contribution in [-0.4, -0.2) is 25.9 Å². The number of carbonyl (C=O) groups excluding carboxylic acids is 1. The molecule has 0 aliphatic carbocycles. The molecule has 28 heavy (non-hydrogen) atoms.